The van der Waals surface area contributed by atoms with Crippen LogP contribution in [0.2, 0.25) is 0 Å². The van der Waals surface area contributed by atoms with Crippen LogP contribution in [0, 0.1) is 5.82 Å². The van der Waals surface area contributed by atoms with Crippen LogP contribution in [0.1, 0.15) is 41.4 Å². The Balaban J connectivity index is 1.35. The molecule has 1 saturated heterocycles. The smallest absolute Gasteiger partial charge is 0.257 e. The lowest BCUT2D eigenvalue weighted by molar-refractivity contribution is 0.00428. The van der Waals surface area contributed by atoms with Crippen molar-refractivity contribution in [1.82, 2.24) is 14.9 Å². The van der Waals surface area contributed by atoms with Gasteiger partial charge in [0, 0.05) is 24.9 Å². The number of halogens is 1. The molecular weight excluding hydrogens is 337 g/mol. The van der Waals surface area contributed by atoms with Crippen LogP contribution in [0.3, 0.4) is 0 Å². The van der Waals surface area contributed by atoms with Crippen LogP contribution in [0.4, 0.5) is 4.39 Å². The first kappa shape index (κ1) is 16.9. The van der Waals surface area contributed by atoms with E-state index in [2.05, 4.69) is 9.97 Å². The van der Waals surface area contributed by atoms with E-state index in [0.717, 1.165) is 18.7 Å². The summed E-state index contributed by atoms with van der Waals surface area (Å²) < 4.78 is 18.5. The SMILES string of the molecule is O=C(c1cnc(C2CC2)nc1)N1CC[C@@](O)(COc2ccc(F)cc2)C1. The van der Waals surface area contributed by atoms with Crippen molar-refractivity contribution in [3.05, 3.63) is 53.9 Å². The fourth-order valence-electron chi connectivity index (χ4n) is 3.08. The molecule has 136 valence electrons. The van der Waals surface area contributed by atoms with Crippen molar-refractivity contribution < 1.29 is 19.0 Å². The lowest BCUT2D eigenvalue weighted by Crippen LogP contribution is -2.40. The predicted molar refractivity (Wildman–Crippen MR) is 91.4 cm³/mol. The molecule has 4 rings (SSSR count). The first-order valence-corrected chi connectivity index (χ1v) is 8.74. The predicted octanol–water partition coefficient (Wildman–Crippen LogP) is 2.15. The molecule has 2 heterocycles. The highest BCUT2D eigenvalue weighted by atomic mass is 19.1. The number of aliphatic hydroxyl groups is 1. The molecule has 0 unspecified atom stereocenters. The van der Waals surface area contributed by atoms with Gasteiger partial charge in [-0.25, -0.2) is 14.4 Å². The number of amides is 1. The van der Waals surface area contributed by atoms with Crippen LogP contribution in [-0.4, -0.2) is 51.2 Å². The summed E-state index contributed by atoms with van der Waals surface area (Å²) in [5, 5.41) is 10.7. The number of aromatic nitrogens is 2. The normalized spacial score (nSPS) is 22.5. The van der Waals surface area contributed by atoms with Crippen molar-refractivity contribution in [2.75, 3.05) is 19.7 Å². The molecule has 1 aliphatic carbocycles. The third-order valence-corrected chi connectivity index (χ3v) is 4.80. The summed E-state index contributed by atoms with van der Waals surface area (Å²) in [5.41, 5.74) is -0.697. The van der Waals surface area contributed by atoms with Crippen LogP contribution < -0.4 is 4.74 Å². The molecule has 26 heavy (non-hydrogen) atoms. The minimum absolute atomic E-state index is 0.0412. The van der Waals surface area contributed by atoms with Crippen molar-refractivity contribution in [3.63, 3.8) is 0 Å². The monoisotopic (exact) mass is 357 g/mol. The number of likely N-dealkylation sites (tertiary alicyclic amines) is 1. The quantitative estimate of drug-likeness (QED) is 0.887. The standard InChI is InChI=1S/C19H20FN3O3/c20-15-3-5-16(6-4-15)26-12-19(25)7-8-23(11-19)18(24)14-9-21-17(22-10-14)13-1-2-13/h3-6,9-10,13,25H,1-2,7-8,11-12H2/t19-/m0/s1. The van der Waals surface area contributed by atoms with Crippen molar-refractivity contribution in [3.8, 4) is 5.75 Å². The number of hydrogen-bond acceptors (Lipinski definition) is 5. The van der Waals surface area contributed by atoms with Crippen molar-refractivity contribution >= 4 is 5.91 Å². The summed E-state index contributed by atoms with van der Waals surface area (Å²) in [6, 6.07) is 5.62. The Hall–Kier alpha value is -2.54. The van der Waals surface area contributed by atoms with Gasteiger partial charge in [-0.3, -0.25) is 4.79 Å². The molecule has 6 nitrogen and oxygen atoms in total. The van der Waals surface area contributed by atoms with Crippen molar-refractivity contribution in [2.45, 2.75) is 30.8 Å². The van der Waals surface area contributed by atoms with Crippen LogP contribution in [0.25, 0.3) is 0 Å². The number of β-amino-alcohol motifs (C(OH)–C–C–N with tert-alkyl or cyclic N) is 1. The first-order chi connectivity index (χ1) is 12.5. The molecule has 2 aromatic rings. The zero-order valence-electron chi connectivity index (χ0n) is 14.3. The topological polar surface area (TPSA) is 75.6 Å². The van der Waals surface area contributed by atoms with E-state index < -0.39 is 5.60 Å². The van der Waals surface area contributed by atoms with Crippen LogP contribution in [0.5, 0.6) is 5.75 Å². The maximum Gasteiger partial charge on any atom is 0.257 e. The molecule has 1 N–H and O–H groups in total. The van der Waals surface area contributed by atoms with Crippen molar-refractivity contribution in [2.24, 2.45) is 0 Å². The number of nitrogens with zero attached hydrogens (tertiary/aromatic N) is 3. The molecule has 1 saturated carbocycles. The molecule has 1 atom stereocenters. The number of ether oxygens (including phenoxy) is 1. The van der Waals surface area contributed by atoms with Crippen LogP contribution in [-0.2, 0) is 0 Å². The van der Waals surface area contributed by atoms with Gasteiger partial charge in [0.1, 0.15) is 29.6 Å². The minimum atomic E-state index is -1.13. The Labute approximate surface area is 150 Å². The average molecular weight is 357 g/mol. The van der Waals surface area contributed by atoms with Crippen LogP contribution in [0.15, 0.2) is 36.7 Å². The molecule has 1 aliphatic heterocycles. The van der Waals surface area contributed by atoms with Gasteiger partial charge in [0.05, 0.1) is 12.1 Å². The largest absolute Gasteiger partial charge is 0.491 e. The summed E-state index contributed by atoms with van der Waals surface area (Å²) in [6.45, 7) is 0.656. The second-order valence-electron chi connectivity index (χ2n) is 7.05. The second-order valence-corrected chi connectivity index (χ2v) is 7.05. The van der Waals surface area contributed by atoms with E-state index in [4.69, 9.17) is 4.74 Å². The minimum Gasteiger partial charge on any atom is -0.491 e. The Morgan fingerprint density at radius 1 is 1.27 bits per heavy atom. The molecule has 2 aliphatic rings. The van der Waals surface area contributed by atoms with E-state index in [9.17, 15) is 14.3 Å². The van der Waals surface area contributed by atoms with Gasteiger partial charge in [-0.1, -0.05) is 0 Å². The van der Waals surface area contributed by atoms with Gasteiger partial charge in [0.25, 0.3) is 5.91 Å². The van der Waals surface area contributed by atoms with Gasteiger partial charge in [0.15, 0.2) is 0 Å². The lowest BCUT2D eigenvalue weighted by Gasteiger charge is -2.23. The third kappa shape index (κ3) is 3.67. The first-order valence-electron chi connectivity index (χ1n) is 8.74. The number of carbonyl (C=O) groups is 1. The number of benzene rings is 1. The number of hydrogen-bond donors (Lipinski definition) is 1. The molecule has 1 aromatic heterocycles. The number of carbonyl (C=O) groups excluding carboxylic acids is 1. The summed E-state index contributed by atoms with van der Waals surface area (Å²) in [4.78, 5) is 22.7. The van der Waals surface area contributed by atoms with Gasteiger partial charge in [0.2, 0.25) is 0 Å². The molecule has 0 spiro atoms. The fraction of sp³-hybridized carbons (Fsp3) is 0.421. The third-order valence-electron chi connectivity index (χ3n) is 4.80. The maximum atomic E-state index is 12.9. The van der Waals surface area contributed by atoms with Crippen molar-refractivity contribution in [1.29, 1.82) is 0 Å². The van der Waals surface area contributed by atoms with E-state index in [1.807, 2.05) is 0 Å². The van der Waals surface area contributed by atoms with E-state index in [-0.39, 0.29) is 24.9 Å². The molecule has 7 heteroatoms. The highest BCUT2D eigenvalue weighted by Gasteiger charge is 2.39. The Morgan fingerprint density at radius 2 is 1.96 bits per heavy atom. The Kier molecular flexibility index (Phi) is 4.32. The fourth-order valence-corrected chi connectivity index (χ4v) is 3.08. The van der Waals surface area contributed by atoms with Gasteiger partial charge in [-0.05, 0) is 43.5 Å². The van der Waals surface area contributed by atoms with Crippen LogP contribution >= 0.6 is 0 Å². The van der Waals surface area contributed by atoms with Gasteiger partial charge in [-0.2, -0.15) is 0 Å². The molecule has 2 fully saturated rings. The molecule has 0 radical (unpaired) electrons. The van der Waals surface area contributed by atoms with Gasteiger partial charge < -0.3 is 14.7 Å². The second kappa shape index (κ2) is 6.64. The lowest BCUT2D eigenvalue weighted by atomic mass is 10.1. The zero-order chi connectivity index (χ0) is 18.1. The number of rotatable bonds is 5. The average Bonchev–Trinajstić information content (AvgIpc) is 3.43. The summed E-state index contributed by atoms with van der Waals surface area (Å²) in [6.07, 6.45) is 5.77. The summed E-state index contributed by atoms with van der Waals surface area (Å²) >= 11 is 0. The van der Waals surface area contributed by atoms with E-state index >= 15 is 0 Å². The van der Waals surface area contributed by atoms with E-state index in [1.165, 1.54) is 24.3 Å². The summed E-state index contributed by atoms with van der Waals surface area (Å²) in [5.74, 6) is 1.19. The highest BCUT2D eigenvalue weighted by molar-refractivity contribution is 5.93. The zero-order valence-corrected chi connectivity index (χ0v) is 14.3. The van der Waals surface area contributed by atoms with Gasteiger partial charge in [-0.15, -0.1) is 0 Å². The molecule has 1 aromatic carbocycles. The van der Waals surface area contributed by atoms with E-state index in [1.54, 1.807) is 17.3 Å². The molecular formula is C19H20FN3O3. The van der Waals surface area contributed by atoms with E-state index in [0.29, 0.717) is 30.2 Å². The Bertz CT molecular complexity index is 793. The molecule has 1 amide bonds. The van der Waals surface area contributed by atoms with Gasteiger partial charge >= 0.3 is 0 Å². The summed E-state index contributed by atoms with van der Waals surface area (Å²) in [7, 11) is 0. The highest BCUT2D eigenvalue weighted by Crippen LogP contribution is 2.37. The maximum absolute atomic E-state index is 12.9. The Morgan fingerprint density at radius 3 is 2.62 bits per heavy atom. The molecule has 0 bridgehead atoms.